The second-order valence-corrected chi connectivity index (χ2v) is 9.18. The first kappa shape index (κ1) is 22.7. The summed E-state index contributed by atoms with van der Waals surface area (Å²) in [4.78, 5) is 33.6. The molecular weight excluding hydrogens is 453 g/mol. The fraction of sp³-hybridized carbons (Fsp3) is 0.292. The molecule has 1 aliphatic heterocycles. The highest BCUT2D eigenvalue weighted by molar-refractivity contribution is 6.04. The van der Waals surface area contributed by atoms with Gasteiger partial charge in [-0.3, -0.25) is 19.3 Å². The molecule has 4 aromatic heterocycles. The van der Waals surface area contributed by atoms with Gasteiger partial charge in [0.2, 0.25) is 0 Å². The number of anilines is 1. The van der Waals surface area contributed by atoms with Crippen LogP contribution in [-0.2, 0) is 12.1 Å². The van der Waals surface area contributed by atoms with E-state index < -0.39 is 17.3 Å². The molecule has 3 N–H and O–H groups in total. The van der Waals surface area contributed by atoms with E-state index in [4.69, 9.17) is 0 Å². The molecule has 1 aliphatic rings. The lowest BCUT2D eigenvalue weighted by Crippen LogP contribution is -2.37. The fourth-order valence-electron chi connectivity index (χ4n) is 4.18. The molecule has 1 atom stereocenters. The van der Waals surface area contributed by atoms with Crippen LogP contribution in [0.3, 0.4) is 0 Å². The van der Waals surface area contributed by atoms with E-state index in [1.54, 1.807) is 24.4 Å². The Labute approximate surface area is 199 Å². The number of aromatic nitrogens is 5. The Kier molecular flexibility index (Phi) is 5.36. The molecule has 0 aliphatic carbocycles. The highest BCUT2D eigenvalue weighted by atomic mass is 19.1. The first-order valence-corrected chi connectivity index (χ1v) is 11.1. The van der Waals surface area contributed by atoms with Crippen molar-refractivity contribution >= 4 is 28.5 Å². The number of carbonyl (C=O) groups excluding carboxylic acids is 2. The lowest BCUT2D eigenvalue weighted by atomic mass is 10.0. The summed E-state index contributed by atoms with van der Waals surface area (Å²) in [5.41, 5.74) is 0.897. The Morgan fingerprint density at radius 3 is 2.86 bits per heavy atom. The number of nitrogens with zero attached hydrogens (tertiary/aromatic N) is 5. The zero-order valence-corrected chi connectivity index (χ0v) is 19.4. The molecule has 0 saturated heterocycles. The van der Waals surface area contributed by atoms with Gasteiger partial charge in [-0.15, -0.1) is 0 Å². The van der Waals surface area contributed by atoms with Gasteiger partial charge < -0.3 is 20.3 Å². The molecule has 0 bridgehead atoms. The molecule has 0 fully saturated rings. The van der Waals surface area contributed by atoms with Crippen LogP contribution >= 0.6 is 0 Å². The quantitative estimate of drug-likeness (QED) is 0.406. The van der Waals surface area contributed by atoms with Crippen LogP contribution in [0, 0.1) is 5.82 Å². The van der Waals surface area contributed by atoms with Crippen LogP contribution in [0.1, 0.15) is 59.0 Å². The summed E-state index contributed by atoms with van der Waals surface area (Å²) in [6.07, 6.45) is 4.58. The molecule has 0 unspecified atom stereocenters. The Bertz CT molecular complexity index is 1470. The topological polar surface area (TPSA) is 127 Å². The van der Waals surface area contributed by atoms with Crippen LogP contribution in [0.25, 0.3) is 11.0 Å². The molecule has 2 amide bonds. The van der Waals surface area contributed by atoms with Crippen molar-refractivity contribution in [1.82, 2.24) is 29.6 Å². The zero-order valence-electron chi connectivity index (χ0n) is 19.4. The maximum absolute atomic E-state index is 14.3. The molecule has 0 aromatic carbocycles. The summed E-state index contributed by atoms with van der Waals surface area (Å²) in [5, 5.41) is 20.6. The van der Waals surface area contributed by atoms with E-state index in [1.807, 2.05) is 11.5 Å². The number of rotatable bonds is 5. The minimum Gasteiger partial charge on any atom is -0.384 e. The van der Waals surface area contributed by atoms with Gasteiger partial charge in [0, 0.05) is 24.3 Å². The van der Waals surface area contributed by atoms with Gasteiger partial charge in [-0.2, -0.15) is 5.10 Å². The molecule has 0 radical (unpaired) electrons. The molecule has 0 saturated carbocycles. The maximum Gasteiger partial charge on any atom is 0.274 e. The van der Waals surface area contributed by atoms with Crippen LogP contribution in [-0.4, -0.2) is 47.8 Å². The summed E-state index contributed by atoms with van der Waals surface area (Å²) in [6, 6.07) is 6.46. The van der Waals surface area contributed by atoms with E-state index in [0.29, 0.717) is 29.1 Å². The lowest BCUT2D eigenvalue weighted by Gasteiger charge is -2.23. The Balaban J connectivity index is 1.32. The lowest BCUT2D eigenvalue weighted by molar-refractivity contribution is 0.0694. The number of carbonyl (C=O) groups is 2. The van der Waals surface area contributed by atoms with Gasteiger partial charge in [0.15, 0.2) is 0 Å². The van der Waals surface area contributed by atoms with E-state index in [-0.39, 0.29) is 29.9 Å². The van der Waals surface area contributed by atoms with Crippen molar-refractivity contribution in [2.75, 3.05) is 11.9 Å². The zero-order chi connectivity index (χ0) is 24.9. The highest BCUT2D eigenvalue weighted by Crippen LogP contribution is 2.26. The van der Waals surface area contributed by atoms with Crippen molar-refractivity contribution in [3.63, 3.8) is 0 Å². The smallest absolute Gasteiger partial charge is 0.274 e. The van der Waals surface area contributed by atoms with Crippen molar-refractivity contribution in [2.45, 2.75) is 39.0 Å². The van der Waals surface area contributed by atoms with Crippen molar-refractivity contribution in [1.29, 1.82) is 0 Å². The van der Waals surface area contributed by atoms with Crippen LogP contribution in [0.2, 0.25) is 0 Å². The van der Waals surface area contributed by atoms with E-state index in [1.165, 1.54) is 37.0 Å². The monoisotopic (exact) mass is 477 g/mol. The SMILES string of the molecule is C[C@@H]1CNC(=O)c2cc3ccc(C(=O)Nc4cnn(Cc5cnc(C(C)(C)O)c(F)c5)c4)nc3n21. The summed E-state index contributed by atoms with van der Waals surface area (Å²) < 4.78 is 17.7. The summed E-state index contributed by atoms with van der Waals surface area (Å²) in [5.74, 6) is -1.18. The Morgan fingerprint density at radius 1 is 1.31 bits per heavy atom. The van der Waals surface area contributed by atoms with Gasteiger partial charge in [-0.25, -0.2) is 9.37 Å². The third-order valence-electron chi connectivity index (χ3n) is 5.86. The van der Waals surface area contributed by atoms with E-state index in [2.05, 4.69) is 25.7 Å². The number of hydrogen-bond donors (Lipinski definition) is 3. The molecule has 4 aromatic rings. The number of amides is 2. The molecular formula is C24H24FN7O3. The average Bonchev–Trinajstić information content (AvgIpc) is 3.39. The minimum atomic E-state index is -1.38. The third kappa shape index (κ3) is 4.26. The van der Waals surface area contributed by atoms with E-state index in [0.717, 1.165) is 5.39 Å². The van der Waals surface area contributed by atoms with Crippen molar-refractivity contribution in [2.24, 2.45) is 0 Å². The number of pyridine rings is 2. The number of nitrogens with one attached hydrogen (secondary N) is 2. The molecule has 10 nitrogen and oxygen atoms in total. The first-order chi connectivity index (χ1) is 16.6. The van der Waals surface area contributed by atoms with Crippen molar-refractivity contribution in [3.05, 3.63) is 71.3 Å². The maximum atomic E-state index is 14.3. The van der Waals surface area contributed by atoms with Crippen molar-refractivity contribution in [3.8, 4) is 0 Å². The van der Waals surface area contributed by atoms with Crippen LogP contribution in [0.15, 0.2) is 42.9 Å². The second-order valence-electron chi connectivity index (χ2n) is 9.18. The molecule has 35 heavy (non-hydrogen) atoms. The first-order valence-electron chi connectivity index (χ1n) is 11.1. The minimum absolute atomic E-state index is 0.0149. The summed E-state index contributed by atoms with van der Waals surface area (Å²) >= 11 is 0. The molecule has 5 rings (SSSR count). The number of halogens is 1. The third-order valence-corrected chi connectivity index (χ3v) is 5.86. The highest BCUT2D eigenvalue weighted by Gasteiger charge is 2.26. The summed E-state index contributed by atoms with van der Waals surface area (Å²) in [7, 11) is 0. The fourth-order valence-corrected chi connectivity index (χ4v) is 4.18. The predicted molar refractivity (Wildman–Crippen MR) is 125 cm³/mol. The van der Waals surface area contributed by atoms with Crippen LogP contribution in [0.4, 0.5) is 10.1 Å². The molecule has 0 spiro atoms. The predicted octanol–water partition coefficient (Wildman–Crippen LogP) is 2.60. The van der Waals surface area contributed by atoms with Gasteiger partial charge in [0.1, 0.15) is 34.1 Å². The number of aliphatic hydroxyl groups is 1. The van der Waals surface area contributed by atoms with Gasteiger partial charge in [-0.1, -0.05) is 0 Å². The Morgan fingerprint density at radius 2 is 2.11 bits per heavy atom. The normalized spacial score (nSPS) is 15.7. The van der Waals surface area contributed by atoms with Gasteiger partial charge in [0.25, 0.3) is 11.8 Å². The Hall–Kier alpha value is -4.12. The number of fused-ring (bicyclic) bond motifs is 3. The van der Waals surface area contributed by atoms with Gasteiger partial charge in [-0.05, 0) is 50.6 Å². The van der Waals surface area contributed by atoms with Crippen LogP contribution < -0.4 is 10.6 Å². The summed E-state index contributed by atoms with van der Waals surface area (Å²) in [6.45, 7) is 5.63. The van der Waals surface area contributed by atoms with Crippen molar-refractivity contribution < 1.29 is 19.1 Å². The van der Waals surface area contributed by atoms with Gasteiger partial charge in [0.05, 0.1) is 24.5 Å². The second kappa shape index (κ2) is 8.27. The van der Waals surface area contributed by atoms with Gasteiger partial charge >= 0.3 is 0 Å². The molecule has 5 heterocycles. The molecule has 11 heteroatoms. The number of hydrogen-bond acceptors (Lipinski definition) is 6. The molecule has 180 valence electrons. The van der Waals surface area contributed by atoms with E-state index in [9.17, 15) is 19.1 Å². The van der Waals surface area contributed by atoms with E-state index >= 15 is 0 Å². The average molecular weight is 478 g/mol. The largest absolute Gasteiger partial charge is 0.384 e. The standard InChI is InChI=1S/C24H24FN7O3/c1-13-8-27-23(34)19-7-15-4-5-18(30-21(15)32(13)19)22(33)29-16-10-28-31(12-16)11-14-6-17(25)20(26-9-14)24(2,3)35/h4-7,9-10,12-13,35H,8,11H2,1-3H3,(H,27,34)(H,29,33)/t13-/m1/s1. The van der Waals surface area contributed by atoms with Crippen LogP contribution in [0.5, 0.6) is 0 Å².